The van der Waals surface area contributed by atoms with Gasteiger partial charge in [-0.15, -0.1) is 0 Å². The number of rotatable bonds is 7. The second-order valence-corrected chi connectivity index (χ2v) is 9.45. The van der Waals surface area contributed by atoms with Gasteiger partial charge in [0.2, 0.25) is 5.91 Å². The Bertz CT molecular complexity index is 1070. The van der Waals surface area contributed by atoms with Crippen LogP contribution in [0.4, 0.5) is 18.0 Å². The van der Waals surface area contributed by atoms with Crippen molar-refractivity contribution in [2.75, 3.05) is 13.2 Å². The fourth-order valence-electron chi connectivity index (χ4n) is 4.08. The van der Waals surface area contributed by atoms with E-state index in [9.17, 15) is 27.6 Å². The van der Waals surface area contributed by atoms with E-state index in [1.807, 2.05) is 53.8 Å². The molecule has 3 N–H and O–H groups in total. The molecule has 0 spiro atoms. The fourth-order valence-corrected chi connectivity index (χ4v) is 4.08. The number of ether oxygens (including phenoxy) is 1. The molecule has 0 radical (unpaired) electrons. The number of carboxylic acid groups (broad SMARTS) is 1. The summed E-state index contributed by atoms with van der Waals surface area (Å²) in [6, 6.07) is 14.2. The maximum absolute atomic E-state index is 12.9. The summed E-state index contributed by atoms with van der Waals surface area (Å²) >= 11 is 0. The van der Waals surface area contributed by atoms with Gasteiger partial charge in [-0.2, -0.15) is 13.2 Å². The van der Waals surface area contributed by atoms with E-state index in [0.29, 0.717) is 0 Å². The van der Waals surface area contributed by atoms with Crippen LogP contribution in [0.2, 0.25) is 0 Å². The molecule has 2 amide bonds. The normalized spacial score (nSPS) is 14.9. The van der Waals surface area contributed by atoms with Crippen molar-refractivity contribution in [2.24, 2.45) is 11.3 Å². The number of halogens is 3. The van der Waals surface area contributed by atoms with Gasteiger partial charge in [0, 0.05) is 12.5 Å². The van der Waals surface area contributed by atoms with Gasteiger partial charge in [-0.25, -0.2) is 4.79 Å². The van der Waals surface area contributed by atoms with Crippen LogP contribution in [0, 0.1) is 11.3 Å². The summed E-state index contributed by atoms with van der Waals surface area (Å²) < 4.78 is 44.1. The fraction of sp³-hybridized carbons (Fsp3) is 0.400. The first-order valence-electron chi connectivity index (χ1n) is 11.0. The van der Waals surface area contributed by atoms with E-state index in [1.165, 1.54) is 0 Å². The molecule has 10 heteroatoms. The Kier molecular flexibility index (Phi) is 7.42. The van der Waals surface area contributed by atoms with E-state index in [1.54, 1.807) is 20.8 Å². The van der Waals surface area contributed by atoms with Crippen LogP contribution in [-0.4, -0.2) is 48.4 Å². The SMILES string of the molecule is CC(C)(C)C(NC(=O)OCC1c2ccccc2-c2ccccc21)C(=O)NCC(C(=O)O)C(F)(F)F. The number of fused-ring (bicyclic) bond motifs is 3. The lowest BCUT2D eigenvalue weighted by atomic mass is 9.86. The van der Waals surface area contributed by atoms with Crippen LogP contribution in [-0.2, 0) is 14.3 Å². The summed E-state index contributed by atoms with van der Waals surface area (Å²) in [6.07, 6.45) is -5.94. The number of aliphatic carboxylic acids is 1. The zero-order valence-corrected chi connectivity index (χ0v) is 19.5. The van der Waals surface area contributed by atoms with Crippen molar-refractivity contribution >= 4 is 18.0 Å². The van der Waals surface area contributed by atoms with Gasteiger partial charge in [-0.1, -0.05) is 69.3 Å². The molecule has 3 rings (SSSR count). The first-order chi connectivity index (χ1) is 16.3. The molecule has 2 atom stereocenters. The maximum Gasteiger partial charge on any atom is 0.407 e. The van der Waals surface area contributed by atoms with Crippen LogP contribution in [0.5, 0.6) is 0 Å². The standard InChI is InChI=1S/C25H27F3N2O5/c1-24(2,3)20(21(31)29-12-19(22(32)33)25(26,27)28)30-23(34)35-13-18-16-10-6-4-8-14(16)15-9-5-7-11-17(15)18/h4-11,18-20H,12-13H2,1-3H3,(H,29,31)(H,30,34)(H,32,33). The zero-order valence-electron chi connectivity index (χ0n) is 19.5. The highest BCUT2D eigenvalue weighted by Gasteiger charge is 2.46. The van der Waals surface area contributed by atoms with Crippen molar-refractivity contribution in [3.05, 3.63) is 59.7 Å². The average molecular weight is 492 g/mol. The molecule has 0 saturated carbocycles. The van der Waals surface area contributed by atoms with Gasteiger partial charge in [0.15, 0.2) is 5.92 Å². The predicted octanol–water partition coefficient (Wildman–Crippen LogP) is 4.32. The molecule has 0 aromatic heterocycles. The topological polar surface area (TPSA) is 105 Å². The number of hydrogen-bond acceptors (Lipinski definition) is 4. The quantitative estimate of drug-likeness (QED) is 0.534. The van der Waals surface area contributed by atoms with Gasteiger partial charge in [-0.3, -0.25) is 9.59 Å². The smallest absolute Gasteiger partial charge is 0.407 e. The summed E-state index contributed by atoms with van der Waals surface area (Å²) in [5.41, 5.74) is 3.19. The van der Waals surface area contributed by atoms with Crippen molar-refractivity contribution in [2.45, 2.75) is 38.9 Å². The third-order valence-electron chi connectivity index (χ3n) is 5.91. The van der Waals surface area contributed by atoms with E-state index in [2.05, 4.69) is 5.32 Å². The maximum atomic E-state index is 12.9. The van der Waals surface area contributed by atoms with E-state index in [0.717, 1.165) is 22.3 Å². The molecular formula is C25H27F3N2O5. The average Bonchev–Trinajstić information content (AvgIpc) is 3.08. The van der Waals surface area contributed by atoms with Crippen LogP contribution in [0.3, 0.4) is 0 Å². The Morgan fingerprint density at radius 3 is 1.94 bits per heavy atom. The number of carbonyl (C=O) groups excluding carboxylic acids is 2. The van der Waals surface area contributed by atoms with Gasteiger partial charge in [0.05, 0.1) is 0 Å². The molecule has 0 bridgehead atoms. The summed E-state index contributed by atoms with van der Waals surface area (Å²) in [5, 5.41) is 13.2. The van der Waals surface area contributed by atoms with Crippen LogP contribution in [0.1, 0.15) is 37.8 Å². The highest BCUT2D eigenvalue weighted by molar-refractivity contribution is 5.87. The molecule has 0 heterocycles. The molecule has 0 aliphatic heterocycles. The van der Waals surface area contributed by atoms with Crippen molar-refractivity contribution in [3.63, 3.8) is 0 Å². The molecule has 2 aromatic rings. The first kappa shape index (κ1) is 26.1. The van der Waals surface area contributed by atoms with Gasteiger partial charge in [0.1, 0.15) is 12.6 Å². The number of amides is 2. The molecule has 2 aromatic carbocycles. The summed E-state index contributed by atoms with van der Waals surface area (Å²) in [7, 11) is 0. The molecule has 1 aliphatic carbocycles. The highest BCUT2D eigenvalue weighted by Crippen LogP contribution is 2.44. The predicted molar refractivity (Wildman–Crippen MR) is 122 cm³/mol. The van der Waals surface area contributed by atoms with Gasteiger partial charge < -0.3 is 20.5 Å². The molecule has 35 heavy (non-hydrogen) atoms. The Balaban J connectivity index is 1.67. The highest BCUT2D eigenvalue weighted by atomic mass is 19.4. The molecule has 188 valence electrons. The van der Waals surface area contributed by atoms with Gasteiger partial charge >= 0.3 is 18.2 Å². The Hall–Kier alpha value is -3.56. The van der Waals surface area contributed by atoms with Gasteiger partial charge in [0.25, 0.3) is 0 Å². The number of carbonyl (C=O) groups is 3. The Morgan fingerprint density at radius 2 is 1.49 bits per heavy atom. The van der Waals surface area contributed by atoms with Crippen LogP contribution >= 0.6 is 0 Å². The van der Waals surface area contributed by atoms with Gasteiger partial charge in [-0.05, 0) is 27.7 Å². The van der Waals surface area contributed by atoms with E-state index >= 15 is 0 Å². The second-order valence-electron chi connectivity index (χ2n) is 9.45. The molecule has 7 nitrogen and oxygen atoms in total. The molecule has 2 unspecified atom stereocenters. The van der Waals surface area contributed by atoms with E-state index < -0.39 is 48.1 Å². The minimum Gasteiger partial charge on any atom is -0.481 e. The van der Waals surface area contributed by atoms with Crippen molar-refractivity contribution < 1.29 is 37.4 Å². The van der Waals surface area contributed by atoms with Crippen LogP contribution in [0.25, 0.3) is 11.1 Å². The molecule has 1 aliphatic rings. The number of carboxylic acids is 1. The number of nitrogens with one attached hydrogen (secondary N) is 2. The van der Waals surface area contributed by atoms with E-state index in [4.69, 9.17) is 9.84 Å². The third kappa shape index (κ3) is 5.93. The number of alkyl halides is 3. The molecule has 0 saturated heterocycles. The largest absolute Gasteiger partial charge is 0.481 e. The summed E-state index contributed by atoms with van der Waals surface area (Å²) in [4.78, 5) is 36.2. The Morgan fingerprint density at radius 1 is 0.971 bits per heavy atom. The van der Waals surface area contributed by atoms with E-state index in [-0.39, 0.29) is 12.5 Å². The summed E-state index contributed by atoms with van der Waals surface area (Å²) in [5.74, 6) is -6.02. The van der Waals surface area contributed by atoms with Crippen LogP contribution in [0.15, 0.2) is 48.5 Å². The lowest BCUT2D eigenvalue weighted by Crippen LogP contribution is -2.55. The third-order valence-corrected chi connectivity index (χ3v) is 5.91. The Labute approximate surface area is 200 Å². The zero-order chi connectivity index (χ0) is 26.0. The monoisotopic (exact) mass is 492 g/mol. The van der Waals surface area contributed by atoms with Crippen molar-refractivity contribution in [3.8, 4) is 11.1 Å². The summed E-state index contributed by atoms with van der Waals surface area (Å²) in [6.45, 7) is 3.67. The molecule has 0 fully saturated rings. The number of benzene rings is 2. The van der Waals surface area contributed by atoms with Crippen molar-refractivity contribution in [1.29, 1.82) is 0 Å². The number of hydrogen-bond donors (Lipinski definition) is 3. The lowest BCUT2D eigenvalue weighted by molar-refractivity contribution is -0.192. The minimum atomic E-state index is -5.03. The van der Waals surface area contributed by atoms with Crippen molar-refractivity contribution in [1.82, 2.24) is 10.6 Å². The number of alkyl carbamates (subject to hydrolysis) is 1. The minimum absolute atomic E-state index is 0.00644. The second kappa shape index (κ2) is 9.97. The molecular weight excluding hydrogens is 465 g/mol. The van der Waals surface area contributed by atoms with Crippen LogP contribution < -0.4 is 10.6 Å². The first-order valence-corrected chi connectivity index (χ1v) is 11.0. The lowest BCUT2D eigenvalue weighted by Gasteiger charge is -2.30.